The zero-order valence-corrected chi connectivity index (χ0v) is 17.7. The molecule has 8 heteroatoms. The normalized spacial score (nSPS) is 15.1. The summed E-state index contributed by atoms with van der Waals surface area (Å²) in [5.41, 5.74) is 1.15. The van der Waals surface area contributed by atoms with Gasteiger partial charge in [0.2, 0.25) is 0 Å². The number of halogens is 1. The highest BCUT2D eigenvalue weighted by Crippen LogP contribution is 2.14. The number of aliphatic hydroxyl groups excluding tert-OH is 1. The zero-order chi connectivity index (χ0) is 20.6. The first-order chi connectivity index (χ1) is 14.1. The molecule has 0 bridgehead atoms. The van der Waals surface area contributed by atoms with Gasteiger partial charge >= 0.3 is 5.97 Å². The van der Waals surface area contributed by atoms with Crippen molar-refractivity contribution < 1.29 is 24.2 Å². The van der Waals surface area contributed by atoms with Crippen LogP contribution in [0.5, 0.6) is 5.75 Å². The first-order valence-electron chi connectivity index (χ1n) is 9.62. The molecule has 7 nitrogen and oxygen atoms in total. The molecular formula is C22H27ClN2O5. The number of nitrogens with zero attached hydrogens (tertiary/aromatic N) is 2. The second kappa shape index (κ2) is 11.5. The van der Waals surface area contributed by atoms with Crippen LogP contribution in [0.4, 0.5) is 0 Å². The Labute approximate surface area is 182 Å². The van der Waals surface area contributed by atoms with Gasteiger partial charge < -0.3 is 19.5 Å². The van der Waals surface area contributed by atoms with Crippen LogP contribution in [0.2, 0.25) is 0 Å². The van der Waals surface area contributed by atoms with Gasteiger partial charge in [-0.1, -0.05) is 18.2 Å². The lowest BCUT2D eigenvalue weighted by Crippen LogP contribution is -2.50. The van der Waals surface area contributed by atoms with E-state index in [9.17, 15) is 14.7 Å². The zero-order valence-electron chi connectivity index (χ0n) is 16.9. The van der Waals surface area contributed by atoms with Crippen LogP contribution in [0.15, 0.2) is 54.6 Å². The summed E-state index contributed by atoms with van der Waals surface area (Å²) in [6.07, 6.45) is -0.647. The predicted octanol–water partition coefficient (Wildman–Crippen LogP) is 2.09. The molecule has 0 saturated carbocycles. The topological polar surface area (TPSA) is 79.3 Å². The average Bonchev–Trinajstić information content (AvgIpc) is 2.78. The maximum absolute atomic E-state index is 12.5. The van der Waals surface area contributed by atoms with Crippen molar-refractivity contribution in [2.24, 2.45) is 0 Å². The second-order valence-corrected chi connectivity index (χ2v) is 6.94. The maximum Gasteiger partial charge on any atom is 0.337 e. The number of β-amino-alcohol motifs (C(OH)–C–C–N with tert-alkyl or cyclic N) is 1. The van der Waals surface area contributed by atoms with E-state index in [0.29, 0.717) is 49.6 Å². The number of esters is 1. The third-order valence-electron chi connectivity index (χ3n) is 4.87. The van der Waals surface area contributed by atoms with Crippen LogP contribution < -0.4 is 4.74 Å². The third-order valence-corrected chi connectivity index (χ3v) is 4.87. The average molecular weight is 435 g/mol. The van der Waals surface area contributed by atoms with E-state index in [0.717, 1.165) is 0 Å². The van der Waals surface area contributed by atoms with Gasteiger partial charge in [-0.3, -0.25) is 9.69 Å². The number of aliphatic hydroxyl groups is 1. The van der Waals surface area contributed by atoms with E-state index < -0.39 is 12.1 Å². The minimum Gasteiger partial charge on any atom is -0.491 e. The number of hydrogen-bond donors (Lipinski definition) is 1. The molecule has 1 amide bonds. The fraction of sp³-hybridized carbons (Fsp3) is 0.364. The highest BCUT2D eigenvalue weighted by atomic mass is 35.5. The molecular weight excluding hydrogens is 408 g/mol. The molecule has 1 atom stereocenters. The van der Waals surface area contributed by atoms with Crippen molar-refractivity contribution in [1.29, 1.82) is 0 Å². The number of hydrogen-bond acceptors (Lipinski definition) is 6. The minimum absolute atomic E-state index is 0. The molecule has 0 radical (unpaired) electrons. The van der Waals surface area contributed by atoms with Crippen molar-refractivity contribution in [3.8, 4) is 5.75 Å². The van der Waals surface area contributed by atoms with Crippen molar-refractivity contribution in [1.82, 2.24) is 9.80 Å². The molecule has 2 aromatic rings. The van der Waals surface area contributed by atoms with Crippen LogP contribution >= 0.6 is 12.4 Å². The van der Waals surface area contributed by atoms with E-state index in [1.807, 2.05) is 35.2 Å². The van der Waals surface area contributed by atoms with Gasteiger partial charge in [-0.2, -0.15) is 0 Å². The quantitative estimate of drug-likeness (QED) is 0.672. The lowest BCUT2D eigenvalue weighted by Gasteiger charge is -2.35. The molecule has 1 aliphatic heterocycles. The van der Waals surface area contributed by atoms with E-state index >= 15 is 0 Å². The number of methoxy groups -OCH3 is 1. The Bertz CT molecular complexity index is 808. The number of ether oxygens (including phenoxy) is 2. The standard InChI is InChI=1S/C22H26N2O5.ClH/c1-28-22(27)18-7-9-20(10-8-18)29-16-19(25)15-23-11-13-24(14-12-23)21(26)17-5-3-2-4-6-17;/h2-10,19,25H,11-16H2,1H3;1H. The van der Waals surface area contributed by atoms with Crippen LogP contribution in [0.25, 0.3) is 0 Å². The predicted molar refractivity (Wildman–Crippen MR) is 115 cm³/mol. The molecule has 1 aliphatic rings. The summed E-state index contributed by atoms with van der Waals surface area (Å²) in [5, 5.41) is 10.3. The summed E-state index contributed by atoms with van der Waals surface area (Å²) in [7, 11) is 1.33. The van der Waals surface area contributed by atoms with Crippen molar-refractivity contribution in [2.45, 2.75) is 6.10 Å². The number of amides is 1. The van der Waals surface area contributed by atoms with Crippen molar-refractivity contribution in [3.63, 3.8) is 0 Å². The van der Waals surface area contributed by atoms with Gasteiger partial charge in [0.1, 0.15) is 18.5 Å². The molecule has 1 heterocycles. The van der Waals surface area contributed by atoms with Gasteiger partial charge in [0.25, 0.3) is 5.91 Å². The van der Waals surface area contributed by atoms with Crippen LogP contribution in [0, 0.1) is 0 Å². The van der Waals surface area contributed by atoms with Gasteiger partial charge in [-0.25, -0.2) is 4.79 Å². The van der Waals surface area contributed by atoms with Gasteiger partial charge in [0, 0.05) is 38.3 Å². The van der Waals surface area contributed by atoms with Crippen LogP contribution in [-0.4, -0.2) is 79.3 Å². The smallest absolute Gasteiger partial charge is 0.337 e. The Hall–Kier alpha value is -2.61. The molecule has 2 aromatic carbocycles. The molecule has 1 unspecified atom stereocenters. The van der Waals surface area contributed by atoms with E-state index in [2.05, 4.69) is 9.64 Å². The molecule has 1 N–H and O–H groups in total. The lowest BCUT2D eigenvalue weighted by atomic mass is 10.2. The summed E-state index contributed by atoms with van der Waals surface area (Å²) < 4.78 is 10.3. The number of rotatable bonds is 7. The molecule has 1 saturated heterocycles. The van der Waals surface area contributed by atoms with E-state index in [1.165, 1.54) is 7.11 Å². The van der Waals surface area contributed by atoms with Crippen molar-refractivity contribution >= 4 is 24.3 Å². The Kier molecular flexibility index (Phi) is 9.11. The summed E-state index contributed by atoms with van der Waals surface area (Å²) in [6.45, 7) is 3.33. The monoisotopic (exact) mass is 434 g/mol. The summed E-state index contributed by atoms with van der Waals surface area (Å²) in [6, 6.07) is 15.9. The number of piperazine rings is 1. The summed E-state index contributed by atoms with van der Waals surface area (Å²) >= 11 is 0. The first kappa shape index (κ1) is 23.7. The van der Waals surface area contributed by atoms with Gasteiger partial charge in [-0.15, -0.1) is 12.4 Å². The van der Waals surface area contributed by atoms with E-state index in [4.69, 9.17) is 4.74 Å². The lowest BCUT2D eigenvalue weighted by molar-refractivity contribution is 0.0403. The number of benzene rings is 2. The van der Waals surface area contributed by atoms with Gasteiger partial charge in [0.05, 0.1) is 12.7 Å². The molecule has 30 heavy (non-hydrogen) atoms. The third kappa shape index (κ3) is 6.45. The van der Waals surface area contributed by atoms with E-state index in [1.54, 1.807) is 24.3 Å². The molecule has 1 fully saturated rings. The Morgan fingerprint density at radius 2 is 1.60 bits per heavy atom. The van der Waals surface area contributed by atoms with Gasteiger partial charge in [-0.05, 0) is 36.4 Å². The first-order valence-corrected chi connectivity index (χ1v) is 9.62. The fourth-order valence-corrected chi connectivity index (χ4v) is 3.25. The van der Waals surface area contributed by atoms with Crippen LogP contribution in [0.1, 0.15) is 20.7 Å². The Morgan fingerprint density at radius 1 is 0.967 bits per heavy atom. The second-order valence-electron chi connectivity index (χ2n) is 6.94. The maximum atomic E-state index is 12.5. The molecule has 0 spiro atoms. The van der Waals surface area contributed by atoms with Crippen molar-refractivity contribution in [2.75, 3.05) is 46.4 Å². The highest BCUT2D eigenvalue weighted by Gasteiger charge is 2.23. The largest absolute Gasteiger partial charge is 0.491 e. The van der Waals surface area contributed by atoms with Gasteiger partial charge in [0.15, 0.2) is 0 Å². The Morgan fingerprint density at radius 3 is 2.20 bits per heavy atom. The highest BCUT2D eigenvalue weighted by molar-refractivity contribution is 5.94. The number of carbonyl (C=O) groups is 2. The van der Waals surface area contributed by atoms with Crippen LogP contribution in [0.3, 0.4) is 0 Å². The summed E-state index contributed by atoms with van der Waals surface area (Å²) in [5.74, 6) is 0.223. The fourth-order valence-electron chi connectivity index (χ4n) is 3.25. The molecule has 0 aliphatic carbocycles. The van der Waals surface area contributed by atoms with E-state index in [-0.39, 0.29) is 24.9 Å². The van der Waals surface area contributed by atoms with Crippen molar-refractivity contribution in [3.05, 3.63) is 65.7 Å². The summed E-state index contributed by atoms with van der Waals surface area (Å²) in [4.78, 5) is 27.9. The number of carbonyl (C=O) groups excluding carboxylic acids is 2. The minimum atomic E-state index is -0.647. The molecule has 162 valence electrons. The molecule has 3 rings (SSSR count). The SMILES string of the molecule is COC(=O)c1ccc(OCC(O)CN2CCN(C(=O)c3ccccc3)CC2)cc1.Cl. The van der Waals surface area contributed by atoms with Crippen LogP contribution in [-0.2, 0) is 4.74 Å². The molecule has 0 aromatic heterocycles. The Balaban J connectivity index is 0.00000320.